The number of carboxylic acids is 6. The van der Waals surface area contributed by atoms with Gasteiger partial charge in [-0.1, -0.05) is 117 Å². The van der Waals surface area contributed by atoms with Gasteiger partial charge in [0.25, 0.3) is 0 Å². The number of aromatic hydroxyl groups is 1. The molecular weight excluding hydrogens is 1650 g/mol. The minimum atomic E-state index is -1.12. The molecule has 9 rings (SSSR count). The number of phenolic OH excluding ortho intramolecular Hbond substituents is 1. The summed E-state index contributed by atoms with van der Waals surface area (Å²) < 4.78 is 77.7. The predicted molar refractivity (Wildman–Crippen MR) is 459 cm³/mol. The predicted octanol–water partition coefficient (Wildman–Crippen LogP) is 11.5. The van der Waals surface area contributed by atoms with Crippen molar-refractivity contribution in [1.82, 2.24) is 4.98 Å². The average Bonchev–Trinajstić information content (AvgIpc) is 1.68. The van der Waals surface area contributed by atoms with Gasteiger partial charge in [0.1, 0.15) is 63.8 Å². The van der Waals surface area contributed by atoms with Gasteiger partial charge in [-0.3, -0.25) is 57.5 Å². The lowest BCUT2D eigenvalue weighted by Crippen LogP contribution is -2.35. The van der Waals surface area contributed by atoms with Gasteiger partial charge in [-0.15, -0.1) is 0 Å². The number of carbonyl (C=O) groups is 12. The number of ketones is 6. The maximum absolute atomic E-state index is 13.2. The van der Waals surface area contributed by atoms with Crippen LogP contribution in [0.4, 0.5) is 26.3 Å². The molecule has 0 saturated heterocycles. The highest BCUT2D eigenvalue weighted by atomic mass is 19.1. The van der Waals surface area contributed by atoms with Gasteiger partial charge < -0.3 is 75.1 Å². The second-order valence-electron chi connectivity index (χ2n) is 31.0. The summed E-state index contributed by atoms with van der Waals surface area (Å²) >= 11 is 0. The molecule has 11 atom stereocenters. The van der Waals surface area contributed by atoms with Gasteiger partial charge >= 0.3 is 35.8 Å². The van der Waals surface area contributed by atoms with Crippen molar-refractivity contribution in [2.45, 2.75) is 154 Å². The molecule has 26 nitrogen and oxygen atoms in total. The second-order valence-corrected chi connectivity index (χ2v) is 31.0. The number of aromatic nitrogens is 1. The van der Waals surface area contributed by atoms with Crippen LogP contribution in [0, 0.1) is 76.3 Å². The van der Waals surface area contributed by atoms with E-state index < -0.39 is 119 Å². The molecule has 9 aromatic rings. The highest BCUT2D eigenvalue weighted by Gasteiger charge is 2.31. The number of rotatable bonds is 42. The van der Waals surface area contributed by atoms with Crippen molar-refractivity contribution in [3.8, 4) is 5.75 Å². The lowest BCUT2D eigenvalue weighted by molar-refractivity contribution is -0.144. The van der Waals surface area contributed by atoms with E-state index in [-0.39, 0.29) is 154 Å². The number of fused-ring (bicyclic) bond motifs is 1. The highest BCUT2D eigenvalue weighted by Crippen LogP contribution is 2.25. The minimum Gasteiger partial charge on any atom is -0.508 e. The topological polar surface area (TPSA) is 518 Å². The van der Waals surface area contributed by atoms with Gasteiger partial charge in [-0.25, -0.2) is 26.3 Å². The number of nitrogens with two attached hydrogens (primary N) is 6. The smallest absolute Gasteiger partial charge is 0.307 e. The van der Waals surface area contributed by atoms with Crippen molar-refractivity contribution in [1.29, 1.82) is 0 Å². The van der Waals surface area contributed by atoms with Crippen molar-refractivity contribution in [3.63, 3.8) is 0 Å². The molecule has 32 heteroatoms. The summed E-state index contributed by atoms with van der Waals surface area (Å²) in [6.07, 6.45) is 2.95. The summed E-state index contributed by atoms with van der Waals surface area (Å²) in [7, 11) is 0. The number of benzene rings is 8. The summed E-state index contributed by atoms with van der Waals surface area (Å²) in [4.78, 5) is 141. The third-order valence-corrected chi connectivity index (χ3v) is 19.8. The van der Waals surface area contributed by atoms with E-state index in [1.807, 2.05) is 44.3 Å². The number of phenols is 1. The number of carbonyl (C=O) groups excluding carboxylic acids is 6. The van der Waals surface area contributed by atoms with Crippen LogP contribution in [0.15, 0.2) is 200 Å². The first kappa shape index (κ1) is 106. The molecule has 0 radical (unpaired) electrons. The van der Waals surface area contributed by atoms with Crippen LogP contribution in [0.25, 0.3) is 10.9 Å². The molecule has 0 amide bonds. The van der Waals surface area contributed by atoms with Crippen molar-refractivity contribution in [2.75, 3.05) is 6.54 Å². The van der Waals surface area contributed by atoms with Crippen molar-refractivity contribution in [3.05, 3.63) is 280 Å². The molecular formula is C94H109F6N7O19. The number of carboxylic acid groups (broad SMARTS) is 6. The van der Waals surface area contributed by atoms with E-state index in [9.17, 15) is 104 Å². The zero-order chi connectivity index (χ0) is 94.0. The maximum Gasteiger partial charge on any atom is 0.307 e. The van der Waals surface area contributed by atoms with E-state index in [0.29, 0.717) is 46.2 Å². The number of hydrogen-bond acceptors (Lipinski definition) is 19. The largest absolute Gasteiger partial charge is 0.508 e. The first-order valence-corrected chi connectivity index (χ1v) is 40.2. The zero-order valence-electron chi connectivity index (χ0n) is 70.1. The number of nitrogens with one attached hydrogen (secondary N) is 1. The van der Waals surface area contributed by atoms with E-state index in [1.54, 1.807) is 30.3 Å². The first-order chi connectivity index (χ1) is 59.4. The molecule has 1 heterocycles. The van der Waals surface area contributed by atoms with Crippen LogP contribution in [-0.2, 0) is 109 Å². The SMILES string of the molecule is CC(C)C[C@H](N)C(=O)CC(Cc1cccc(F)c1)C(=O)O.C[C@H](N)C(=O)CC(Cc1ccc(F)cc1)C(=O)O.C[C@H](N)C(=O)CC(Cc1cccc(F)c1)C(=O)O.NCC(=O)CC(Cc1ccc(F)cc1)C(=O)O.N[C@@H](Cc1c[nH]c2ccccc12)C(=O)CC(Cc1ccc(F)cc1)C(=O)O.N[C@@H](Cc1ccc(O)cc1)C(=O)CC(Cc1cccc(F)c1)C(=O)O. The van der Waals surface area contributed by atoms with Crippen molar-refractivity contribution < 1.29 is 120 Å². The molecule has 0 fully saturated rings. The number of aromatic amines is 1. The van der Waals surface area contributed by atoms with Crippen molar-refractivity contribution in [2.24, 2.45) is 75.8 Å². The van der Waals surface area contributed by atoms with Crippen LogP contribution in [0.2, 0.25) is 0 Å². The Balaban J connectivity index is 0.000000320. The second kappa shape index (κ2) is 54.1. The molecule has 126 heavy (non-hydrogen) atoms. The fourth-order valence-electron chi connectivity index (χ4n) is 12.7. The average molecular weight is 1750 g/mol. The van der Waals surface area contributed by atoms with Crippen LogP contribution < -0.4 is 34.4 Å². The molecule has 20 N–H and O–H groups in total. The molecule has 0 bridgehead atoms. The lowest BCUT2D eigenvalue weighted by atomic mass is 9.90. The summed E-state index contributed by atoms with van der Waals surface area (Å²) in [5.74, 6) is -15.5. The summed E-state index contributed by atoms with van der Waals surface area (Å²) in [5, 5.41) is 65.3. The Hall–Kier alpha value is -12.7. The van der Waals surface area contributed by atoms with Gasteiger partial charge in [-0.2, -0.15) is 0 Å². The third-order valence-electron chi connectivity index (χ3n) is 19.8. The van der Waals surface area contributed by atoms with Crippen LogP contribution >= 0.6 is 0 Å². The van der Waals surface area contributed by atoms with E-state index >= 15 is 0 Å². The Morgan fingerprint density at radius 3 is 0.913 bits per heavy atom. The Morgan fingerprint density at radius 2 is 0.603 bits per heavy atom. The van der Waals surface area contributed by atoms with E-state index in [2.05, 4.69) is 4.98 Å². The Morgan fingerprint density at radius 1 is 0.317 bits per heavy atom. The van der Waals surface area contributed by atoms with Gasteiger partial charge in [-0.05, 0) is 213 Å². The molecule has 0 aliphatic rings. The number of halogens is 6. The fourth-order valence-corrected chi connectivity index (χ4v) is 12.7. The van der Waals surface area contributed by atoms with Crippen LogP contribution in [0.5, 0.6) is 5.75 Å². The first-order valence-electron chi connectivity index (χ1n) is 40.2. The Labute approximate surface area is 724 Å². The van der Waals surface area contributed by atoms with Gasteiger partial charge in [0.05, 0.1) is 72.3 Å². The fraction of sp³-hybridized carbons (Fsp3) is 0.340. The summed E-state index contributed by atoms with van der Waals surface area (Å²) in [6.45, 7) is 6.79. The summed E-state index contributed by atoms with van der Waals surface area (Å²) in [5.41, 5.74) is 40.0. The molecule has 8 aromatic carbocycles. The Kier molecular flexibility index (Phi) is 45.4. The van der Waals surface area contributed by atoms with Crippen LogP contribution in [0.1, 0.15) is 117 Å². The van der Waals surface area contributed by atoms with E-state index in [0.717, 1.165) is 22.0 Å². The zero-order valence-corrected chi connectivity index (χ0v) is 70.1. The van der Waals surface area contributed by atoms with Crippen molar-refractivity contribution >= 4 is 81.4 Å². The van der Waals surface area contributed by atoms with E-state index in [4.69, 9.17) is 49.7 Å². The molecule has 6 unspecified atom stereocenters. The van der Waals surface area contributed by atoms with Gasteiger partial charge in [0.2, 0.25) is 0 Å². The molecule has 0 saturated carbocycles. The maximum atomic E-state index is 13.2. The number of hydrogen-bond donors (Lipinski definition) is 14. The Bertz CT molecular complexity index is 5060. The molecule has 0 aliphatic carbocycles. The quantitative estimate of drug-likeness (QED) is 0.0158. The molecule has 0 spiro atoms. The normalized spacial score (nSPS) is 13.4. The highest BCUT2D eigenvalue weighted by molar-refractivity contribution is 5.92. The third kappa shape index (κ3) is 40.3. The number of aliphatic carboxylic acids is 6. The van der Waals surface area contributed by atoms with E-state index in [1.165, 1.54) is 153 Å². The van der Waals surface area contributed by atoms with Gasteiger partial charge in [0.15, 0.2) is 11.6 Å². The van der Waals surface area contributed by atoms with Crippen LogP contribution in [-0.4, -0.2) is 148 Å². The number of H-pyrrole nitrogens is 1. The molecule has 0 aliphatic heterocycles. The van der Waals surface area contributed by atoms with Crippen LogP contribution in [0.3, 0.4) is 0 Å². The minimum absolute atomic E-state index is 0.0603. The number of Topliss-reactive ketones (excluding diaryl/α,β-unsaturated/α-hetero) is 6. The van der Waals surface area contributed by atoms with Gasteiger partial charge in [0, 0.05) is 55.6 Å². The molecule has 1 aromatic heterocycles. The standard InChI is InChI=1S/C21H21FN2O3.C19H20FNO4.C16H22FNO3.2C13H16FNO3.C12H14FNO3/c22-16-7-5-13(6-8-16)9-14(21(26)27)11-20(25)18(23)10-15-12-24-19-4-2-1-3-17(15)19;20-15-3-1-2-13(9-15)8-14(19(24)25)11-18(23)17(21)10-12-4-6-16(22)7-5-12;1-10(2)6-14(18)15(19)9-12(16(20)21)7-11-4-3-5-13(17)8-11;1-8(15)12(16)7-10(13(17)18)6-9-2-4-11(14)5-3-9;1-8(15)12(16)7-10(13(17)18)5-9-3-2-4-11(14)6-9;13-10-3-1-8(2-4-10)5-9(12(16)17)6-11(15)7-14/h1-8,12,14,18,24H,9-11,23H2,(H,26,27);1-7,9,14,17,22H,8,10-11,21H2,(H,24,25);3-5,8,10,12,14H,6-7,9,18H2,1-2H3,(H,20,21);2-5,8,10H,6-7,15H2,1H3,(H,17,18);2-4,6,8,10H,5,7,15H2,1H3,(H,17,18);1-4,9H,5-7,14H2,(H,16,17)/t14?,18-;14?,17-;12?,14-;2*8-,10?;/m00000./s1. The lowest BCUT2D eigenvalue weighted by Gasteiger charge is -2.16. The molecule has 676 valence electrons. The monoisotopic (exact) mass is 1750 g/mol. The number of para-hydroxylation sites is 1. The summed E-state index contributed by atoms with van der Waals surface area (Å²) in [6, 6.07) is 44.3.